The summed E-state index contributed by atoms with van der Waals surface area (Å²) in [6.45, 7) is 0. The predicted octanol–water partition coefficient (Wildman–Crippen LogP) is 6.65. The molecule has 5 rings (SSSR count). The molecule has 0 unspecified atom stereocenters. The molecule has 0 radical (unpaired) electrons. The van der Waals surface area contributed by atoms with Gasteiger partial charge in [0.05, 0.1) is 0 Å². The molecular formula is C20H11BrO. The van der Waals surface area contributed by atoms with Crippen LogP contribution in [0.1, 0.15) is 0 Å². The molecule has 2 heteroatoms. The van der Waals surface area contributed by atoms with Gasteiger partial charge in [-0.05, 0) is 34.4 Å². The minimum absolute atomic E-state index is 0.930. The second-order valence-corrected chi connectivity index (χ2v) is 6.45. The lowest BCUT2D eigenvalue weighted by molar-refractivity contribution is 0.673. The van der Waals surface area contributed by atoms with Gasteiger partial charge in [0, 0.05) is 20.6 Å². The Morgan fingerprint density at radius 3 is 2.05 bits per heavy atom. The van der Waals surface area contributed by atoms with Crippen molar-refractivity contribution in [3.63, 3.8) is 0 Å². The lowest BCUT2D eigenvalue weighted by Gasteiger charge is -2.05. The summed E-state index contributed by atoms with van der Waals surface area (Å²) in [5.41, 5.74) is 1.90. The van der Waals surface area contributed by atoms with E-state index in [1.165, 1.54) is 26.9 Å². The Bertz CT molecular complexity index is 1180. The molecule has 0 aliphatic heterocycles. The molecule has 1 heterocycles. The summed E-state index contributed by atoms with van der Waals surface area (Å²) >= 11 is 3.57. The van der Waals surface area contributed by atoms with Crippen molar-refractivity contribution in [2.45, 2.75) is 0 Å². The highest BCUT2D eigenvalue weighted by molar-refractivity contribution is 9.10. The van der Waals surface area contributed by atoms with Crippen molar-refractivity contribution < 1.29 is 4.42 Å². The van der Waals surface area contributed by atoms with Gasteiger partial charge >= 0.3 is 0 Å². The van der Waals surface area contributed by atoms with E-state index in [-0.39, 0.29) is 0 Å². The van der Waals surface area contributed by atoms with E-state index in [9.17, 15) is 0 Å². The van der Waals surface area contributed by atoms with Crippen LogP contribution in [0.25, 0.3) is 43.5 Å². The SMILES string of the molecule is Brc1ccc2oc3c4ccccc4c4ccccc4c3c2c1. The molecule has 0 fully saturated rings. The third kappa shape index (κ3) is 1.53. The number of halogens is 1. The van der Waals surface area contributed by atoms with E-state index in [1.54, 1.807) is 0 Å². The first kappa shape index (κ1) is 12.2. The maximum absolute atomic E-state index is 6.21. The number of hydrogen-bond donors (Lipinski definition) is 0. The molecule has 0 saturated carbocycles. The molecule has 4 aromatic carbocycles. The van der Waals surface area contributed by atoms with Crippen LogP contribution >= 0.6 is 15.9 Å². The maximum atomic E-state index is 6.21. The number of hydrogen-bond acceptors (Lipinski definition) is 1. The normalized spacial score (nSPS) is 11.9. The summed E-state index contributed by atoms with van der Waals surface area (Å²) in [7, 11) is 0. The largest absolute Gasteiger partial charge is 0.455 e. The minimum Gasteiger partial charge on any atom is -0.455 e. The molecular weight excluding hydrogens is 336 g/mol. The van der Waals surface area contributed by atoms with E-state index in [2.05, 4.69) is 70.5 Å². The highest BCUT2D eigenvalue weighted by Gasteiger charge is 2.15. The third-order valence-electron chi connectivity index (χ3n) is 4.31. The van der Waals surface area contributed by atoms with Crippen molar-refractivity contribution in [3.05, 3.63) is 71.2 Å². The lowest BCUT2D eigenvalue weighted by atomic mass is 9.97. The summed E-state index contributed by atoms with van der Waals surface area (Å²) in [6, 6.07) is 23.2. The van der Waals surface area contributed by atoms with Crippen molar-refractivity contribution >= 4 is 59.4 Å². The summed E-state index contributed by atoms with van der Waals surface area (Å²) < 4.78 is 7.28. The quantitative estimate of drug-likeness (QED) is 0.286. The molecule has 0 spiro atoms. The van der Waals surface area contributed by atoms with Gasteiger partial charge in [0.1, 0.15) is 11.2 Å². The zero-order chi connectivity index (χ0) is 14.7. The standard InChI is InChI=1S/C20H11BrO/c21-12-9-10-18-17(11-12)19-15-7-3-1-5-13(15)14-6-2-4-8-16(14)20(19)22-18/h1-11H. The van der Waals surface area contributed by atoms with E-state index in [0.29, 0.717) is 0 Å². The monoisotopic (exact) mass is 346 g/mol. The Labute approximate surface area is 135 Å². The van der Waals surface area contributed by atoms with Gasteiger partial charge in [0.2, 0.25) is 0 Å². The van der Waals surface area contributed by atoms with Gasteiger partial charge in [-0.2, -0.15) is 0 Å². The number of rotatable bonds is 0. The van der Waals surface area contributed by atoms with Crippen LogP contribution in [-0.2, 0) is 0 Å². The van der Waals surface area contributed by atoms with Gasteiger partial charge < -0.3 is 4.42 Å². The van der Waals surface area contributed by atoms with Gasteiger partial charge in [-0.25, -0.2) is 0 Å². The van der Waals surface area contributed by atoms with Gasteiger partial charge in [-0.1, -0.05) is 64.5 Å². The summed E-state index contributed by atoms with van der Waals surface area (Å²) in [4.78, 5) is 0. The first-order valence-electron chi connectivity index (χ1n) is 7.24. The maximum Gasteiger partial charge on any atom is 0.143 e. The highest BCUT2D eigenvalue weighted by Crippen LogP contribution is 2.41. The zero-order valence-corrected chi connectivity index (χ0v) is 13.2. The molecule has 0 aliphatic carbocycles. The number of fused-ring (bicyclic) bond motifs is 8. The Hall–Kier alpha value is -2.32. The van der Waals surface area contributed by atoms with Gasteiger partial charge in [-0.15, -0.1) is 0 Å². The molecule has 1 nitrogen and oxygen atoms in total. The molecule has 104 valence electrons. The first-order chi connectivity index (χ1) is 10.8. The second kappa shape index (κ2) is 4.34. The van der Waals surface area contributed by atoms with Gasteiger partial charge in [0.15, 0.2) is 0 Å². The predicted molar refractivity (Wildman–Crippen MR) is 96.4 cm³/mol. The van der Waals surface area contributed by atoms with Crippen LogP contribution in [-0.4, -0.2) is 0 Å². The van der Waals surface area contributed by atoms with Crippen LogP contribution < -0.4 is 0 Å². The van der Waals surface area contributed by atoms with E-state index in [4.69, 9.17) is 4.42 Å². The fourth-order valence-corrected chi connectivity index (χ4v) is 3.74. The molecule has 0 bridgehead atoms. The lowest BCUT2D eigenvalue weighted by Crippen LogP contribution is -1.79. The Morgan fingerprint density at radius 2 is 1.27 bits per heavy atom. The fraction of sp³-hybridized carbons (Fsp3) is 0. The van der Waals surface area contributed by atoms with Crippen molar-refractivity contribution in [3.8, 4) is 0 Å². The molecule has 1 aromatic heterocycles. The van der Waals surface area contributed by atoms with Crippen LogP contribution in [0.15, 0.2) is 75.6 Å². The van der Waals surface area contributed by atoms with E-state index in [1.807, 2.05) is 12.1 Å². The van der Waals surface area contributed by atoms with Gasteiger partial charge in [-0.3, -0.25) is 0 Å². The Morgan fingerprint density at radius 1 is 0.636 bits per heavy atom. The average Bonchev–Trinajstić information content (AvgIpc) is 2.94. The first-order valence-corrected chi connectivity index (χ1v) is 8.03. The van der Waals surface area contributed by atoms with Crippen LogP contribution in [0.3, 0.4) is 0 Å². The second-order valence-electron chi connectivity index (χ2n) is 5.54. The Kier molecular flexibility index (Phi) is 2.42. The van der Waals surface area contributed by atoms with Crippen LogP contribution in [0.2, 0.25) is 0 Å². The zero-order valence-electron chi connectivity index (χ0n) is 11.6. The average molecular weight is 347 g/mol. The summed E-state index contributed by atoms with van der Waals surface area (Å²) in [6.07, 6.45) is 0. The summed E-state index contributed by atoms with van der Waals surface area (Å²) in [5.74, 6) is 0. The van der Waals surface area contributed by atoms with Crippen molar-refractivity contribution in [1.29, 1.82) is 0 Å². The van der Waals surface area contributed by atoms with Crippen LogP contribution in [0.5, 0.6) is 0 Å². The number of furan rings is 1. The fourth-order valence-electron chi connectivity index (χ4n) is 3.38. The van der Waals surface area contributed by atoms with E-state index >= 15 is 0 Å². The third-order valence-corrected chi connectivity index (χ3v) is 4.80. The van der Waals surface area contributed by atoms with Gasteiger partial charge in [0.25, 0.3) is 0 Å². The van der Waals surface area contributed by atoms with Crippen molar-refractivity contribution in [2.24, 2.45) is 0 Å². The van der Waals surface area contributed by atoms with E-state index in [0.717, 1.165) is 21.0 Å². The molecule has 0 N–H and O–H groups in total. The molecule has 0 aliphatic rings. The topological polar surface area (TPSA) is 13.1 Å². The molecule has 22 heavy (non-hydrogen) atoms. The van der Waals surface area contributed by atoms with Crippen LogP contribution in [0.4, 0.5) is 0 Å². The smallest absolute Gasteiger partial charge is 0.143 e. The van der Waals surface area contributed by atoms with Crippen molar-refractivity contribution in [1.82, 2.24) is 0 Å². The summed E-state index contributed by atoms with van der Waals surface area (Å²) in [5, 5.41) is 7.28. The molecule has 0 atom stereocenters. The molecule has 0 amide bonds. The molecule has 5 aromatic rings. The highest BCUT2D eigenvalue weighted by atomic mass is 79.9. The Balaban J connectivity index is 2.22. The van der Waals surface area contributed by atoms with Crippen LogP contribution in [0, 0.1) is 0 Å². The number of benzene rings is 4. The van der Waals surface area contributed by atoms with E-state index < -0.39 is 0 Å². The molecule has 0 saturated heterocycles. The minimum atomic E-state index is 0.930. The van der Waals surface area contributed by atoms with Crippen molar-refractivity contribution in [2.75, 3.05) is 0 Å².